The van der Waals surface area contributed by atoms with Crippen molar-refractivity contribution >= 4 is 11.7 Å². The summed E-state index contributed by atoms with van der Waals surface area (Å²) in [4.78, 5) is 18.9. The summed E-state index contributed by atoms with van der Waals surface area (Å²) in [7, 11) is 0. The van der Waals surface area contributed by atoms with Crippen LogP contribution in [0.1, 0.15) is 37.6 Å². The summed E-state index contributed by atoms with van der Waals surface area (Å²) in [6.45, 7) is 7.50. The molecule has 4 heteroatoms. The van der Waals surface area contributed by atoms with Crippen LogP contribution in [0.3, 0.4) is 0 Å². The Kier molecular flexibility index (Phi) is 3.84. The van der Waals surface area contributed by atoms with Crippen LogP contribution >= 0.6 is 0 Å². The molecule has 120 valence electrons. The molecule has 0 bridgehead atoms. The van der Waals surface area contributed by atoms with Crippen molar-refractivity contribution in [3.63, 3.8) is 0 Å². The number of primary amides is 1. The highest BCUT2D eigenvalue weighted by atomic mass is 16.1. The van der Waals surface area contributed by atoms with E-state index in [2.05, 4.69) is 25.7 Å². The van der Waals surface area contributed by atoms with Crippen LogP contribution in [0.25, 0.3) is 11.3 Å². The molecule has 2 heterocycles. The smallest absolute Gasteiger partial charge is 0.252 e. The summed E-state index contributed by atoms with van der Waals surface area (Å²) in [5.74, 6) is 0.837. The van der Waals surface area contributed by atoms with Gasteiger partial charge in [-0.15, -0.1) is 0 Å². The van der Waals surface area contributed by atoms with E-state index in [1.807, 2.05) is 36.4 Å². The van der Waals surface area contributed by atoms with E-state index in [0.717, 1.165) is 24.2 Å². The maximum Gasteiger partial charge on any atom is 0.252 e. The van der Waals surface area contributed by atoms with Crippen LogP contribution < -0.4 is 10.6 Å². The van der Waals surface area contributed by atoms with Crippen LogP contribution in [0.4, 0.5) is 5.82 Å². The molecule has 4 nitrogen and oxygen atoms in total. The molecule has 1 aromatic heterocycles. The Morgan fingerprint density at radius 3 is 2.48 bits per heavy atom. The average Bonchev–Trinajstić information content (AvgIpc) is 2.80. The van der Waals surface area contributed by atoms with E-state index in [-0.39, 0.29) is 5.54 Å². The van der Waals surface area contributed by atoms with E-state index in [1.54, 1.807) is 6.07 Å². The van der Waals surface area contributed by atoms with E-state index >= 15 is 0 Å². The number of anilines is 1. The second-order valence-corrected chi connectivity index (χ2v) is 7.03. The summed E-state index contributed by atoms with van der Waals surface area (Å²) in [5.41, 5.74) is 7.94. The number of hydrogen-bond acceptors (Lipinski definition) is 3. The topological polar surface area (TPSA) is 59.2 Å². The fourth-order valence-corrected chi connectivity index (χ4v) is 3.58. The zero-order valence-corrected chi connectivity index (χ0v) is 13.9. The lowest BCUT2D eigenvalue weighted by Crippen LogP contribution is -2.40. The van der Waals surface area contributed by atoms with Gasteiger partial charge in [-0.1, -0.05) is 37.3 Å². The van der Waals surface area contributed by atoms with Crippen molar-refractivity contribution in [3.8, 4) is 11.3 Å². The van der Waals surface area contributed by atoms with E-state index in [1.165, 1.54) is 0 Å². The Morgan fingerprint density at radius 2 is 1.91 bits per heavy atom. The van der Waals surface area contributed by atoms with Gasteiger partial charge in [0.1, 0.15) is 5.82 Å². The number of nitrogens with two attached hydrogens (primary N) is 1. The SMILES string of the molecule is C[C@@H]1CN(c2nc(-c3ccccc3)ccc2C(N)=O)C(C)(C)C1. The molecule has 3 rings (SSSR count). The standard InChI is InChI=1S/C19H23N3O/c1-13-11-19(2,3)22(12-13)18-15(17(20)23)9-10-16(21-18)14-7-5-4-6-8-14/h4-10,13H,11-12H2,1-3H3,(H2,20,23)/t13-/m0/s1. The Bertz CT molecular complexity index is 725. The van der Waals surface area contributed by atoms with Crippen LogP contribution in [0.5, 0.6) is 0 Å². The summed E-state index contributed by atoms with van der Waals surface area (Å²) in [5, 5.41) is 0. The van der Waals surface area contributed by atoms with E-state index < -0.39 is 5.91 Å². The highest BCUT2D eigenvalue weighted by Crippen LogP contribution is 2.38. The van der Waals surface area contributed by atoms with E-state index in [4.69, 9.17) is 10.7 Å². The molecule has 2 aromatic rings. The molecule has 1 amide bonds. The number of aromatic nitrogens is 1. The molecule has 0 radical (unpaired) electrons. The first-order valence-corrected chi connectivity index (χ1v) is 8.02. The molecule has 1 aromatic carbocycles. The lowest BCUT2D eigenvalue weighted by Gasteiger charge is -2.33. The van der Waals surface area contributed by atoms with Gasteiger partial charge < -0.3 is 10.6 Å². The van der Waals surface area contributed by atoms with Crippen LogP contribution in [0, 0.1) is 5.92 Å². The molecular weight excluding hydrogens is 286 g/mol. The maximum atomic E-state index is 11.9. The molecule has 23 heavy (non-hydrogen) atoms. The second kappa shape index (κ2) is 5.69. The van der Waals surface area contributed by atoms with Crippen molar-refractivity contribution in [2.75, 3.05) is 11.4 Å². The van der Waals surface area contributed by atoms with Crippen LogP contribution in [0.2, 0.25) is 0 Å². The summed E-state index contributed by atoms with van der Waals surface area (Å²) < 4.78 is 0. The van der Waals surface area contributed by atoms with Gasteiger partial charge in [-0.25, -0.2) is 4.98 Å². The third-order valence-electron chi connectivity index (χ3n) is 4.54. The number of amides is 1. The minimum absolute atomic E-state index is 0.0358. The monoisotopic (exact) mass is 309 g/mol. The van der Waals surface area contributed by atoms with Gasteiger partial charge in [0.2, 0.25) is 0 Å². The summed E-state index contributed by atoms with van der Waals surface area (Å²) in [6, 6.07) is 13.7. The lowest BCUT2D eigenvalue weighted by atomic mass is 9.97. The Morgan fingerprint density at radius 1 is 1.22 bits per heavy atom. The molecular formula is C19H23N3O. The second-order valence-electron chi connectivity index (χ2n) is 7.03. The minimum atomic E-state index is -0.428. The van der Waals surface area contributed by atoms with Crippen molar-refractivity contribution < 1.29 is 4.79 Å². The van der Waals surface area contributed by atoms with E-state index in [0.29, 0.717) is 17.3 Å². The van der Waals surface area contributed by atoms with Gasteiger partial charge in [-0.3, -0.25) is 4.79 Å². The highest BCUT2D eigenvalue weighted by molar-refractivity contribution is 5.98. The first kappa shape index (κ1) is 15.5. The molecule has 1 atom stereocenters. The highest BCUT2D eigenvalue weighted by Gasteiger charge is 2.38. The number of carbonyl (C=O) groups is 1. The van der Waals surface area contributed by atoms with Crippen molar-refractivity contribution in [1.82, 2.24) is 4.98 Å². The molecule has 1 saturated heterocycles. The third kappa shape index (κ3) is 2.93. The number of benzene rings is 1. The molecule has 1 aliphatic rings. The van der Waals surface area contributed by atoms with Gasteiger partial charge in [-0.05, 0) is 38.3 Å². The van der Waals surface area contributed by atoms with Gasteiger partial charge >= 0.3 is 0 Å². The van der Waals surface area contributed by atoms with E-state index in [9.17, 15) is 4.79 Å². The van der Waals surface area contributed by atoms with Gasteiger partial charge in [0.25, 0.3) is 5.91 Å². The van der Waals surface area contributed by atoms with Crippen LogP contribution in [-0.2, 0) is 0 Å². The van der Waals surface area contributed by atoms with Crippen LogP contribution in [0.15, 0.2) is 42.5 Å². The number of nitrogens with zero attached hydrogens (tertiary/aromatic N) is 2. The molecule has 1 aliphatic heterocycles. The summed E-state index contributed by atoms with van der Waals surface area (Å²) >= 11 is 0. The fourth-order valence-electron chi connectivity index (χ4n) is 3.58. The van der Waals surface area contributed by atoms with Gasteiger partial charge in [0.05, 0.1) is 11.3 Å². The van der Waals surface area contributed by atoms with Crippen LogP contribution in [-0.4, -0.2) is 23.0 Å². The van der Waals surface area contributed by atoms with Crippen molar-refractivity contribution in [2.45, 2.75) is 32.7 Å². The van der Waals surface area contributed by atoms with Gasteiger partial charge in [0, 0.05) is 17.6 Å². The fraction of sp³-hybridized carbons (Fsp3) is 0.368. The summed E-state index contributed by atoms with van der Waals surface area (Å²) in [6.07, 6.45) is 1.07. The van der Waals surface area contributed by atoms with Gasteiger partial charge in [0.15, 0.2) is 0 Å². The average molecular weight is 309 g/mol. The molecule has 0 aliphatic carbocycles. The number of hydrogen-bond donors (Lipinski definition) is 1. The molecule has 0 spiro atoms. The number of rotatable bonds is 3. The number of pyridine rings is 1. The van der Waals surface area contributed by atoms with Crippen molar-refractivity contribution in [1.29, 1.82) is 0 Å². The Labute approximate surface area is 137 Å². The van der Waals surface area contributed by atoms with Crippen molar-refractivity contribution in [3.05, 3.63) is 48.0 Å². The van der Waals surface area contributed by atoms with Gasteiger partial charge in [-0.2, -0.15) is 0 Å². The lowest BCUT2D eigenvalue weighted by molar-refractivity contribution is 0.100. The molecule has 2 N–H and O–H groups in total. The Hall–Kier alpha value is -2.36. The minimum Gasteiger partial charge on any atom is -0.365 e. The predicted molar refractivity (Wildman–Crippen MR) is 93.4 cm³/mol. The number of carbonyl (C=O) groups excluding carboxylic acids is 1. The molecule has 0 saturated carbocycles. The zero-order chi connectivity index (χ0) is 16.6. The predicted octanol–water partition coefficient (Wildman–Crippen LogP) is 3.47. The zero-order valence-electron chi connectivity index (χ0n) is 13.9. The first-order valence-electron chi connectivity index (χ1n) is 8.02. The largest absolute Gasteiger partial charge is 0.365 e. The first-order chi connectivity index (χ1) is 10.9. The van der Waals surface area contributed by atoms with Crippen molar-refractivity contribution in [2.24, 2.45) is 11.7 Å². The quantitative estimate of drug-likeness (QED) is 0.944. The normalized spacial score (nSPS) is 19.8. The third-order valence-corrected chi connectivity index (χ3v) is 4.54. The molecule has 0 unspecified atom stereocenters. The molecule has 1 fully saturated rings. The maximum absolute atomic E-state index is 11.9. The Balaban J connectivity index is 2.12.